The van der Waals surface area contributed by atoms with Crippen molar-refractivity contribution in [2.45, 2.75) is 168 Å². The average Bonchev–Trinajstić information content (AvgIpc) is 3.30. The van der Waals surface area contributed by atoms with Gasteiger partial charge in [0.1, 0.15) is 0 Å². The molecule has 1 N–H and O–H groups in total. The van der Waals surface area contributed by atoms with Crippen LogP contribution in [0, 0.1) is 0 Å². The van der Waals surface area contributed by atoms with E-state index in [4.69, 9.17) is 14.6 Å². The van der Waals surface area contributed by atoms with E-state index in [9.17, 15) is 4.79 Å². The zero-order valence-electron chi connectivity index (χ0n) is 25.4. The number of aliphatic carboxylic acids is 1. The third-order valence-electron chi connectivity index (χ3n) is 7.32. The third-order valence-corrected chi connectivity index (χ3v) is 7.32. The Morgan fingerprint density at radius 2 is 1.29 bits per heavy atom. The predicted octanol–water partition coefficient (Wildman–Crippen LogP) is 8.15. The minimum atomic E-state index is -0.791. The Bertz CT molecular complexity index is 718. The van der Waals surface area contributed by atoms with Gasteiger partial charge in [-0.15, -0.1) is 5.10 Å². The standard InChI is InChI=1S/C31H59N3O4/c1-6-7-8-9-10-11-12-13-14-15-16-17-18-19-20-28-27-34(33-32-28)24-26-38-31(4,5)23-25-37-30(2,3)22-21-29(35)36/h27H,6-26H2,1-5H3,(H,35,36). The van der Waals surface area contributed by atoms with E-state index in [2.05, 4.69) is 31.1 Å². The molecular weight excluding hydrogens is 478 g/mol. The van der Waals surface area contributed by atoms with Crippen molar-refractivity contribution in [3.05, 3.63) is 11.9 Å². The van der Waals surface area contributed by atoms with Crippen molar-refractivity contribution in [1.82, 2.24) is 15.0 Å². The van der Waals surface area contributed by atoms with Crippen LogP contribution >= 0.6 is 0 Å². The van der Waals surface area contributed by atoms with E-state index in [1.165, 1.54) is 89.9 Å². The highest BCUT2D eigenvalue weighted by Gasteiger charge is 2.23. The van der Waals surface area contributed by atoms with E-state index in [-0.39, 0.29) is 12.0 Å². The molecule has 0 aliphatic rings. The molecule has 0 unspecified atom stereocenters. The molecule has 1 aromatic rings. The van der Waals surface area contributed by atoms with Crippen LogP contribution in [0.25, 0.3) is 0 Å². The van der Waals surface area contributed by atoms with Crippen molar-refractivity contribution >= 4 is 5.97 Å². The lowest BCUT2D eigenvalue weighted by molar-refractivity contribution is -0.139. The van der Waals surface area contributed by atoms with E-state index < -0.39 is 11.6 Å². The highest BCUT2D eigenvalue weighted by molar-refractivity contribution is 5.66. The molecule has 0 bridgehead atoms. The van der Waals surface area contributed by atoms with E-state index in [1.54, 1.807) is 0 Å². The molecular formula is C31H59N3O4. The Morgan fingerprint density at radius 1 is 0.789 bits per heavy atom. The van der Waals surface area contributed by atoms with Gasteiger partial charge in [0.25, 0.3) is 0 Å². The zero-order valence-corrected chi connectivity index (χ0v) is 25.4. The number of aryl methyl sites for hydroxylation is 1. The van der Waals surface area contributed by atoms with Gasteiger partial charge >= 0.3 is 5.97 Å². The number of unbranched alkanes of at least 4 members (excludes halogenated alkanes) is 13. The summed E-state index contributed by atoms with van der Waals surface area (Å²) < 4.78 is 13.9. The summed E-state index contributed by atoms with van der Waals surface area (Å²) in [5.74, 6) is -0.791. The summed E-state index contributed by atoms with van der Waals surface area (Å²) >= 11 is 0. The molecule has 222 valence electrons. The molecule has 0 saturated heterocycles. The maximum Gasteiger partial charge on any atom is 0.303 e. The van der Waals surface area contributed by atoms with Crippen molar-refractivity contribution in [3.63, 3.8) is 0 Å². The van der Waals surface area contributed by atoms with Crippen LogP contribution in [-0.4, -0.2) is 50.5 Å². The number of carboxylic acids is 1. The van der Waals surface area contributed by atoms with Crippen LogP contribution < -0.4 is 0 Å². The Kier molecular flexibility index (Phi) is 18.6. The van der Waals surface area contributed by atoms with Gasteiger partial charge < -0.3 is 14.6 Å². The summed E-state index contributed by atoms with van der Waals surface area (Å²) in [5.41, 5.74) is 0.305. The van der Waals surface area contributed by atoms with Crippen LogP contribution in [0.4, 0.5) is 0 Å². The second kappa shape index (κ2) is 20.4. The van der Waals surface area contributed by atoms with Crippen molar-refractivity contribution in [2.24, 2.45) is 0 Å². The fourth-order valence-corrected chi connectivity index (χ4v) is 4.60. The number of hydrogen-bond acceptors (Lipinski definition) is 5. The smallest absolute Gasteiger partial charge is 0.303 e. The number of hydrogen-bond donors (Lipinski definition) is 1. The molecule has 0 atom stereocenters. The third kappa shape index (κ3) is 19.6. The largest absolute Gasteiger partial charge is 0.481 e. The first-order valence-corrected chi connectivity index (χ1v) is 15.5. The summed E-state index contributed by atoms with van der Waals surface area (Å²) in [5, 5.41) is 17.5. The van der Waals surface area contributed by atoms with Crippen LogP contribution in [0.2, 0.25) is 0 Å². The van der Waals surface area contributed by atoms with Crippen LogP contribution in [0.5, 0.6) is 0 Å². The lowest BCUT2D eigenvalue weighted by Gasteiger charge is -2.29. The minimum Gasteiger partial charge on any atom is -0.481 e. The first-order valence-electron chi connectivity index (χ1n) is 15.5. The maximum atomic E-state index is 10.8. The molecule has 1 heterocycles. The number of nitrogens with zero attached hydrogens (tertiary/aromatic N) is 3. The van der Waals surface area contributed by atoms with E-state index in [0.717, 1.165) is 18.5 Å². The van der Waals surface area contributed by atoms with Crippen LogP contribution in [-0.2, 0) is 27.2 Å². The Balaban J connectivity index is 2.04. The molecule has 0 aromatic carbocycles. The van der Waals surface area contributed by atoms with Gasteiger partial charge in [0.15, 0.2) is 0 Å². The molecule has 0 fully saturated rings. The van der Waals surface area contributed by atoms with Gasteiger partial charge in [-0.3, -0.25) is 4.79 Å². The predicted molar refractivity (Wildman–Crippen MR) is 156 cm³/mol. The number of carboxylic acid groups (broad SMARTS) is 1. The van der Waals surface area contributed by atoms with Crippen LogP contribution in [0.15, 0.2) is 6.20 Å². The highest BCUT2D eigenvalue weighted by atomic mass is 16.5. The van der Waals surface area contributed by atoms with Gasteiger partial charge in [-0.2, -0.15) is 0 Å². The fourth-order valence-electron chi connectivity index (χ4n) is 4.60. The molecule has 1 aromatic heterocycles. The molecule has 0 radical (unpaired) electrons. The minimum absolute atomic E-state index is 0.117. The topological polar surface area (TPSA) is 86.5 Å². The van der Waals surface area contributed by atoms with Crippen LogP contribution in [0.3, 0.4) is 0 Å². The second-order valence-corrected chi connectivity index (χ2v) is 12.2. The first kappa shape index (κ1) is 34.6. The Hall–Kier alpha value is -1.47. The lowest BCUT2D eigenvalue weighted by atomic mass is 10.0. The molecule has 0 amide bonds. The van der Waals surface area contributed by atoms with Gasteiger partial charge in [-0.25, -0.2) is 4.68 Å². The Labute approximate surface area is 233 Å². The van der Waals surface area contributed by atoms with Crippen molar-refractivity contribution in [2.75, 3.05) is 13.2 Å². The average molecular weight is 538 g/mol. The highest BCUT2D eigenvalue weighted by Crippen LogP contribution is 2.21. The summed E-state index contributed by atoms with van der Waals surface area (Å²) in [4.78, 5) is 10.8. The number of rotatable bonds is 26. The van der Waals surface area contributed by atoms with Gasteiger partial charge in [0.05, 0.1) is 36.7 Å². The summed E-state index contributed by atoms with van der Waals surface area (Å²) in [6, 6.07) is 0. The SMILES string of the molecule is CCCCCCCCCCCCCCCCc1cn(CCOC(C)(C)CCOC(C)(C)CCC(=O)O)nn1. The van der Waals surface area contributed by atoms with E-state index in [0.29, 0.717) is 26.2 Å². The van der Waals surface area contributed by atoms with Gasteiger partial charge in [-0.1, -0.05) is 95.6 Å². The second-order valence-electron chi connectivity index (χ2n) is 12.2. The number of ether oxygens (including phenoxy) is 2. The van der Waals surface area contributed by atoms with E-state index >= 15 is 0 Å². The molecule has 38 heavy (non-hydrogen) atoms. The van der Waals surface area contributed by atoms with Gasteiger partial charge in [-0.05, 0) is 53.4 Å². The molecule has 1 rings (SSSR count). The monoisotopic (exact) mass is 537 g/mol. The zero-order chi connectivity index (χ0) is 28.1. The van der Waals surface area contributed by atoms with Crippen molar-refractivity contribution < 1.29 is 19.4 Å². The lowest BCUT2D eigenvalue weighted by Crippen LogP contribution is -2.32. The summed E-state index contributed by atoms with van der Waals surface area (Å²) in [7, 11) is 0. The van der Waals surface area contributed by atoms with Gasteiger partial charge in [0.2, 0.25) is 0 Å². The van der Waals surface area contributed by atoms with Crippen molar-refractivity contribution in [3.8, 4) is 0 Å². The van der Waals surface area contributed by atoms with Gasteiger partial charge in [0, 0.05) is 12.6 Å². The molecule has 7 heteroatoms. The number of aromatic nitrogens is 3. The maximum absolute atomic E-state index is 10.8. The first-order chi connectivity index (χ1) is 18.1. The normalized spacial score (nSPS) is 12.3. The van der Waals surface area contributed by atoms with Crippen molar-refractivity contribution in [1.29, 1.82) is 0 Å². The van der Waals surface area contributed by atoms with Crippen LogP contribution in [0.1, 0.15) is 149 Å². The molecule has 0 saturated carbocycles. The summed E-state index contributed by atoms with van der Waals surface area (Å²) in [6.07, 6.45) is 23.6. The Morgan fingerprint density at radius 3 is 1.84 bits per heavy atom. The quantitative estimate of drug-likeness (QED) is 0.120. The number of carbonyl (C=O) groups is 1. The fraction of sp³-hybridized carbons (Fsp3) is 0.903. The van der Waals surface area contributed by atoms with E-state index in [1.807, 2.05) is 24.7 Å². The molecule has 0 spiro atoms. The molecule has 0 aliphatic heterocycles. The molecule has 0 aliphatic carbocycles. The summed E-state index contributed by atoms with van der Waals surface area (Å²) in [6.45, 7) is 12.0. The molecule has 7 nitrogen and oxygen atoms in total.